The van der Waals surface area contributed by atoms with Crippen LogP contribution in [0.5, 0.6) is 0 Å². The molecule has 2 aromatic rings. The molecule has 20 heavy (non-hydrogen) atoms. The van der Waals surface area contributed by atoms with Gasteiger partial charge in [-0.1, -0.05) is 32.1 Å². The number of hydrogen-bond acceptors (Lipinski definition) is 3. The molecule has 1 fully saturated rings. The molecular weight excluding hydrogens is 316 g/mol. The van der Waals surface area contributed by atoms with Gasteiger partial charge in [0.05, 0.1) is 18.1 Å². The largest absolute Gasteiger partial charge is 0.311 e. The molecule has 0 aliphatic heterocycles. The molecule has 1 aliphatic carbocycles. The van der Waals surface area contributed by atoms with Gasteiger partial charge in [-0.05, 0) is 34.8 Å². The van der Waals surface area contributed by atoms with Gasteiger partial charge >= 0.3 is 0 Å². The Labute approximate surface area is 128 Å². The molecule has 108 valence electrons. The molecule has 3 rings (SSSR count). The molecule has 2 heterocycles. The fraction of sp³-hybridized carbons (Fsp3) is 0.600. The van der Waals surface area contributed by atoms with Gasteiger partial charge in [0.1, 0.15) is 4.60 Å². The third kappa shape index (κ3) is 3.38. The average Bonchev–Trinajstić information content (AvgIpc) is 2.87. The van der Waals surface area contributed by atoms with Crippen molar-refractivity contribution in [3.63, 3.8) is 0 Å². The molecule has 4 nitrogen and oxygen atoms in total. The number of nitrogens with zero attached hydrogens (tertiary/aromatic N) is 3. The number of nitrogens with one attached hydrogen (secondary N) is 1. The molecular formula is C15H21BrN4. The highest BCUT2D eigenvalue weighted by atomic mass is 79.9. The number of fused-ring (bicyclic) bond motifs is 1. The van der Waals surface area contributed by atoms with Gasteiger partial charge in [-0.3, -0.25) is 4.40 Å². The van der Waals surface area contributed by atoms with E-state index in [1.807, 2.05) is 12.4 Å². The van der Waals surface area contributed by atoms with Crippen molar-refractivity contribution in [1.82, 2.24) is 19.7 Å². The Kier molecular flexibility index (Phi) is 4.68. The van der Waals surface area contributed by atoms with Crippen molar-refractivity contribution >= 4 is 21.6 Å². The Bertz CT molecular complexity index is 560. The fourth-order valence-corrected chi connectivity index (χ4v) is 3.35. The standard InChI is InChI=1S/C15H21BrN4/c16-14-11-20-13(9-19-15(20)10-18-14)8-17-7-6-12-4-2-1-3-5-12/h9-12,17H,1-8H2. The van der Waals surface area contributed by atoms with Gasteiger partial charge in [-0.2, -0.15) is 0 Å². The van der Waals surface area contributed by atoms with Crippen molar-refractivity contribution in [3.8, 4) is 0 Å². The lowest BCUT2D eigenvalue weighted by atomic mass is 9.87. The fourth-order valence-electron chi connectivity index (χ4n) is 3.05. The maximum absolute atomic E-state index is 4.37. The molecule has 1 N–H and O–H groups in total. The van der Waals surface area contributed by atoms with Crippen LogP contribution < -0.4 is 5.32 Å². The van der Waals surface area contributed by atoms with Gasteiger partial charge in [0.2, 0.25) is 0 Å². The van der Waals surface area contributed by atoms with Crippen LogP contribution in [-0.2, 0) is 6.54 Å². The van der Waals surface area contributed by atoms with Gasteiger partial charge in [-0.25, -0.2) is 9.97 Å². The minimum absolute atomic E-state index is 0.839. The van der Waals surface area contributed by atoms with E-state index in [0.29, 0.717) is 0 Å². The van der Waals surface area contributed by atoms with E-state index in [9.17, 15) is 0 Å². The summed E-state index contributed by atoms with van der Waals surface area (Å²) in [6.07, 6.45) is 14.1. The van der Waals surface area contributed by atoms with Gasteiger partial charge < -0.3 is 5.32 Å². The number of aromatic nitrogens is 3. The number of halogens is 1. The summed E-state index contributed by atoms with van der Waals surface area (Å²) in [5.74, 6) is 0.941. The van der Waals surface area contributed by atoms with Crippen molar-refractivity contribution in [3.05, 3.63) is 28.9 Å². The summed E-state index contributed by atoms with van der Waals surface area (Å²) < 4.78 is 2.93. The molecule has 0 atom stereocenters. The van der Waals surface area contributed by atoms with Crippen LogP contribution in [0, 0.1) is 5.92 Å². The monoisotopic (exact) mass is 336 g/mol. The quantitative estimate of drug-likeness (QED) is 0.849. The summed E-state index contributed by atoms with van der Waals surface area (Å²) in [5, 5.41) is 3.55. The molecule has 1 saturated carbocycles. The molecule has 0 radical (unpaired) electrons. The van der Waals surface area contributed by atoms with E-state index < -0.39 is 0 Å². The SMILES string of the molecule is Brc1cn2c(CNCCC3CCCCC3)cnc2cn1. The molecule has 0 saturated heterocycles. The van der Waals surface area contributed by atoms with E-state index in [0.717, 1.165) is 29.3 Å². The Hall–Kier alpha value is -0.940. The number of hydrogen-bond donors (Lipinski definition) is 1. The van der Waals surface area contributed by atoms with Crippen molar-refractivity contribution in [2.75, 3.05) is 6.54 Å². The van der Waals surface area contributed by atoms with Gasteiger partial charge in [0, 0.05) is 12.7 Å². The van der Waals surface area contributed by atoms with Crippen LogP contribution in [-0.4, -0.2) is 20.9 Å². The van der Waals surface area contributed by atoms with Crippen LogP contribution in [0.15, 0.2) is 23.2 Å². The van der Waals surface area contributed by atoms with Crippen LogP contribution in [0.3, 0.4) is 0 Å². The first-order chi connectivity index (χ1) is 9.83. The highest BCUT2D eigenvalue weighted by Crippen LogP contribution is 2.25. The lowest BCUT2D eigenvalue weighted by Crippen LogP contribution is -2.19. The zero-order chi connectivity index (χ0) is 13.8. The summed E-state index contributed by atoms with van der Waals surface area (Å²) in [7, 11) is 0. The Morgan fingerprint density at radius 1 is 1.20 bits per heavy atom. The van der Waals surface area contributed by atoms with Crippen LogP contribution >= 0.6 is 15.9 Å². The van der Waals surface area contributed by atoms with Crippen molar-refractivity contribution in [1.29, 1.82) is 0 Å². The normalized spacial score (nSPS) is 16.9. The molecule has 0 aromatic carbocycles. The van der Waals surface area contributed by atoms with Crippen molar-refractivity contribution in [2.45, 2.75) is 45.1 Å². The minimum Gasteiger partial charge on any atom is -0.311 e. The first-order valence-corrected chi connectivity index (χ1v) is 8.30. The van der Waals surface area contributed by atoms with E-state index in [1.165, 1.54) is 44.2 Å². The molecule has 1 aliphatic rings. The van der Waals surface area contributed by atoms with Gasteiger partial charge in [0.15, 0.2) is 5.65 Å². The van der Waals surface area contributed by atoms with Crippen LogP contribution in [0.4, 0.5) is 0 Å². The predicted octanol–water partition coefficient (Wildman–Crippen LogP) is 3.55. The highest BCUT2D eigenvalue weighted by Gasteiger charge is 2.12. The smallest absolute Gasteiger partial charge is 0.155 e. The number of rotatable bonds is 5. The highest BCUT2D eigenvalue weighted by molar-refractivity contribution is 9.10. The second-order valence-electron chi connectivity index (χ2n) is 5.66. The minimum atomic E-state index is 0.839. The third-order valence-electron chi connectivity index (χ3n) is 4.20. The zero-order valence-corrected chi connectivity index (χ0v) is 13.3. The number of imidazole rings is 1. The van der Waals surface area contributed by atoms with Crippen LogP contribution in [0.2, 0.25) is 0 Å². The lowest BCUT2D eigenvalue weighted by Gasteiger charge is -2.21. The summed E-state index contributed by atoms with van der Waals surface area (Å²) in [6, 6.07) is 0. The molecule has 0 unspecified atom stereocenters. The Morgan fingerprint density at radius 3 is 2.90 bits per heavy atom. The first-order valence-electron chi connectivity index (χ1n) is 7.51. The Balaban J connectivity index is 1.50. The topological polar surface area (TPSA) is 42.2 Å². The predicted molar refractivity (Wildman–Crippen MR) is 83.6 cm³/mol. The van der Waals surface area contributed by atoms with E-state index in [2.05, 4.69) is 35.6 Å². The zero-order valence-electron chi connectivity index (χ0n) is 11.7. The second-order valence-corrected chi connectivity index (χ2v) is 6.47. The maximum Gasteiger partial charge on any atom is 0.155 e. The molecule has 0 spiro atoms. The molecule has 2 aromatic heterocycles. The van der Waals surface area contributed by atoms with Gasteiger partial charge in [-0.15, -0.1) is 0 Å². The molecule has 0 bridgehead atoms. The average molecular weight is 337 g/mol. The second kappa shape index (κ2) is 6.68. The van der Waals surface area contributed by atoms with Crippen molar-refractivity contribution < 1.29 is 0 Å². The summed E-state index contributed by atoms with van der Waals surface area (Å²) >= 11 is 3.41. The lowest BCUT2D eigenvalue weighted by molar-refractivity contribution is 0.333. The van der Waals surface area contributed by atoms with Gasteiger partial charge in [0.25, 0.3) is 0 Å². The maximum atomic E-state index is 4.37. The van der Waals surface area contributed by atoms with E-state index in [-0.39, 0.29) is 0 Å². The first kappa shape index (κ1) is 14.0. The molecule has 5 heteroatoms. The molecule has 0 amide bonds. The van der Waals surface area contributed by atoms with E-state index in [1.54, 1.807) is 6.20 Å². The van der Waals surface area contributed by atoms with Crippen molar-refractivity contribution in [2.24, 2.45) is 5.92 Å². The summed E-state index contributed by atoms with van der Waals surface area (Å²) in [5.41, 5.74) is 2.09. The summed E-state index contributed by atoms with van der Waals surface area (Å²) in [6.45, 7) is 1.97. The van der Waals surface area contributed by atoms with E-state index >= 15 is 0 Å². The van der Waals surface area contributed by atoms with E-state index in [4.69, 9.17) is 0 Å². The van der Waals surface area contributed by atoms with Crippen LogP contribution in [0.25, 0.3) is 5.65 Å². The summed E-state index contributed by atoms with van der Waals surface area (Å²) in [4.78, 5) is 8.56. The van der Waals surface area contributed by atoms with Crippen LogP contribution in [0.1, 0.15) is 44.2 Å². The Morgan fingerprint density at radius 2 is 2.05 bits per heavy atom. The third-order valence-corrected chi connectivity index (χ3v) is 4.61.